The molecule has 0 atom stereocenters. The number of hydrogen-bond acceptors (Lipinski definition) is 6. The number of nitro groups is 1. The minimum absolute atomic E-state index is 0.161. The first kappa shape index (κ1) is 13.3. The summed E-state index contributed by atoms with van der Waals surface area (Å²) in [7, 11) is 0. The zero-order chi connectivity index (χ0) is 14.5. The summed E-state index contributed by atoms with van der Waals surface area (Å²) in [6, 6.07) is 8.86. The third kappa shape index (κ3) is 3.19. The van der Waals surface area contributed by atoms with E-state index in [4.69, 9.17) is 10.2 Å². The Bertz CT molecular complexity index is 660. The zero-order valence-corrected chi connectivity index (χ0v) is 10.1. The Morgan fingerprint density at radius 3 is 2.60 bits per heavy atom. The van der Waals surface area contributed by atoms with E-state index in [2.05, 4.69) is 10.5 Å². The van der Waals surface area contributed by atoms with Gasteiger partial charge in [-0.2, -0.15) is 5.10 Å². The highest BCUT2D eigenvalue weighted by Crippen LogP contribution is 2.13. The van der Waals surface area contributed by atoms with Gasteiger partial charge in [0.15, 0.2) is 5.76 Å². The van der Waals surface area contributed by atoms with Crippen molar-refractivity contribution in [3.8, 4) is 0 Å². The number of carbonyl (C=O) groups is 1. The third-order valence-electron chi connectivity index (χ3n) is 2.32. The molecule has 3 N–H and O–H groups in total. The van der Waals surface area contributed by atoms with Crippen LogP contribution in [0.4, 0.5) is 11.6 Å². The number of anilines is 1. The van der Waals surface area contributed by atoms with Crippen LogP contribution < -0.4 is 11.2 Å². The van der Waals surface area contributed by atoms with Crippen molar-refractivity contribution in [3.63, 3.8) is 0 Å². The van der Waals surface area contributed by atoms with Gasteiger partial charge in [0.1, 0.15) is 4.92 Å². The molecule has 0 saturated heterocycles. The average molecular weight is 274 g/mol. The first-order valence-electron chi connectivity index (χ1n) is 5.49. The summed E-state index contributed by atoms with van der Waals surface area (Å²) in [4.78, 5) is 21.4. The first-order chi connectivity index (χ1) is 9.56. The van der Waals surface area contributed by atoms with E-state index in [0.717, 1.165) is 0 Å². The van der Waals surface area contributed by atoms with Crippen molar-refractivity contribution >= 4 is 23.7 Å². The van der Waals surface area contributed by atoms with Gasteiger partial charge in [0, 0.05) is 11.3 Å². The molecular formula is C12H10N4O4. The monoisotopic (exact) mass is 274 g/mol. The second-order valence-corrected chi connectivity index (χ2v) is 3.75. The van der Waals surface area contributed by atoms with Crippen LogP contribution in [0.25, 0.3) is 0 Å². The second-order valence-electron chi connectivity index (χ2n) is 3.75. The standard InChI is InChI=1S/C12H10N4O4/c13-9-3-1-8(2-4-9)12(17)15-14-7-10-5-6-11(20-10)16(18)19/h1-7H,13H2,(H,15,17)/b14-7-. The number of rotatable bonds is 4. The SMILES string of the molecule is Nc1ccc(C(=O)N/N=C\c2ccc([N+](=O)[O-])o2)cc1. The maximum absolute atomic E-state index is 11.7. The lowest BCUT2D eigenvalue weighted by molar-refractivity contribution is -0.402. The summed E-state index contributed by atoms with van der Waals surface area (Å²) in [6.45, 7) is 0. The molecular weight excluding hydrogens is 264 g/mol. The summed E-state index contributed by atoms with van der Waals surface area (Å²) < 4.78 is 4.83. The Morgan fingerprint density at radius 1 is 1.30 bits per heavy atom. The molecule has 0 aliphatic carbocycles. The number of hydrazone groups is 1. The molecule has 0 saturated carbocycles. The number of nitrogen functional groups attached to an aromatic ring is 1. The number of amides is 1. The quantitative estimate of drug-likeness (QED) is 0.378. The van der Waals surface area contributed by atoms with Gasteiger partial charge < -0.3 is 10.2 Å². The van der Waals surface area contributed by atoms with E-state index in [-0.39, 0.29) is 5.76 Å². The lowest BCUT2D eigenvalue weighted by Gasteiger charge is -1.99. The fourth-order valence-electron chi connectivity index (χ4n) is 1.36. The lowest BCUT2D eigenvalue weighted by atomic mass is 10.2. The first-order valence-corrected chi connectivity index (χ1v) is 5.49. The van der Waals surface area contributed by atoms with E-state index in [1.807, 2.05) is 0 Å². The summed E-state index contributed by atoms with van der Waals surface area (Å²) in [5, 5.41) is 14.0. The Balaban J connectivity index is 1.97. The summed E-state index contributed by atoms with van der Waals surface area (Å²) in [5.74, 6) is -0.659. The molecule has 2 rings (SSSR count). The van der Waals surface area contributed by atoms with Crippen molar-refractivity contribution in [2.45, 2.75) is 0 Å². The molecule has 0 aliphatic heterocycles. The topological polar surface area (TPSA) is 124 Å². The Morgan fingerprint density at radius 2 is 2.00 bits per heavy atom. The maximum atomic E-state index is 11.7. The smallest absolute Gasteiger partial charge is 0.400 e. The van der Waals surface area contributed by atoms with Gasteiger partial charge in [-0.15, -0.1) is 0 Å². The number of hydrogen-bond donors (Lipinski definition) is 2. The minimum atomic E-state index is -0.662. The van der Waals surface area contributed by atoms with Crippen LogP contribution in [-0.4, -0.2) is 17.0 Å². The number of nitrogens with two attached hydrogens (primary N) is 1. The maximum Gasteiger partial charge on any atom is 0.433 e. The molecule has 20 heavy (non-hydrogen) atoms. The van der Waals surface area contributed by atoms with Crippen molar-refractivity contribution in [3.05, 3.63) is 57.8 Å². The summed E-state index contributed by atoms with van der Waals surface area (Å²) in [5.41, 5.74) is 8.71. The van der Waals surface area contributed by atoms with Gasteiger partial charge in [-0.1, -0.05) is 0 Å². The third-order valence-corrected chi connectivity index (χ3v) is 2.32. The van der Waals surface area contributed by atoms with Crippen molar-refractivity contribution in [1.82, 2.24) is 5.43 Å². The van der Waals surface area contributed by atoms with Gasteiger partial charge in [-0.3, -0.25) is 14.9 Å². The van der Waals surface area contributed by atoms with E-state index in [1.165, 1.54) is 18.3 Å². The molecule has 1 heterocycles. The average Bonchev–Trinajstić information content (AvgIpc) is 2.88. The molecule has 8 nitrogen and oxygen atoms in total. The predicted octanol–water partition coefficient (Wildman–Crippen LogP) is 1.53. The van der Waals surface area contributed by atoms with Crippen LogP contribution in [0, 0.1) is 10.1 Å². The second kappa shape index (κ2) is 5.65. The van der Waals surface area contributed by atoms with E-state index < -0.39 is 16.7 Å². The number of carbonyl (C=O) groups excluding carboxylic acids is 1. The molecule has 0 radical (unpaired) electrons. The normalized spacial score (nSPS) is 10.6. The molecule has 1 aromatic heterocycles. The summed E-state index contributed by atoms with van der Waals surface area (Å²) >= 11 is 0. The molecule has 0 unspecified atom stereocenters. The van der Waals surface area contributed by atoms with Crippen molar-refractivity contribution < 1.29 is 14.1 Å². The van der Waals surface area contributed by atoms with E-state index >= 15 is 0 Å². The van der Waals surface area contributed by atoms with Crippen LogP contribution in [-0.2, 0) is 0 Å². The number of nitrogens with zero attached hydrogens (tertiary/aromatic N) is 2. The zero-order valence-electron chi connectivity index (χ0n) is 10.1. The van der Waals surface area contributed by atoms with Crippen LogP contribution in [0.5, 0.6) is 0 Å². The van der Waals surface area contributed by atoms with Crippen LogP contribution in [0.3, 0.4) is 0 Å². The highest BCUT2D eigenvalue weighted by molar-refractivity contribution is 5.95. The van der Waals surface area contributed by atoms with Gasteiger partial charge in [0.05, 0.1) is 12.3 Å². The number of benzene rings is 1. The summed E-state index contributed by atoms with van der Waals surface area (Å²) in [6.07, 6.45) is 1.17. The largest absolute Gasteiger partial charge is 0.433 e. The fraction of sp³-hybridized carbons (Fsp3) is 0. The van der Waals surface area contributed by atoms with Gasteiger partial charge in [0.25, 0.3) is 5.91 Å². The highest BCUT2D eigenvalue weighted by atomic mass is 16.6. The molecule has 1 aromatic carbocycles. The van der Waals surface area contributed by atoms with Crippen LogP contribution in [0.15, 0.2) is 45.9 Å². The number of furan rings is 1. The fourth-order valence-corrected chi connectivity index (χ4v) is 1.36. The van der Waals surface area contributed by atoms with Crippen LogP contribution >= 0.6 is 0 Å². The molecule has 1 amide bonds. The highest BCUT2D eigenvalue weighted by Gasteiger charge is 2.10. The van der Waals surface area contributed by atoms with Gasteiger partial charge in [0.2, 0.25) is 0 Å². The van der Waals surface area contributed by atoms with Crippen molar-refractivity contribution in [1.29, 1.82) is 0 Å². The van der Waals surface area contributed by atoms with Gasteiger partial charge in [-0.05, 0) is 30.3 Å². The molecule has 0 aliphatic rings. The number of nitrogens with one attached hydrogen (secondary N) is 1. The molecule has 0 fully saturated rings. The molecule has 0 bridgehead atoms. The minimum Gasteiger partial charge on any atom is -0.400 e. The van der Waals surface area contributed by atoms with Crippen molar-refractivity contribution in [2.75, 3.05) is 5.73 Å². The van der Waals surface area contributed by atoms with E-state index in [1.54, 1.807) is 24.3 Å². The Kier molecular flexibility index (Phi) is 3.75. The predicted molar refractivity (Wildman–Crippen MR) is 71.3 cm³/mol. The lowest BCUT2D eigenvalue weighted by Crippen LogP contribution is -2.17. The molecule has 102 valence electrons. The molecule has 0 spiro atoms. The Hall–Kier alpha value is -3.16. The molecule has 2 aromatic rings. The van der Waals surface area contributed by atoms with Crippen LogP contribution in [0.1, 0.15) is 16.1 Å². The van der Waals surface area contributed by atoms with E-state index in [9.17, 15) is 14.9 Å². The van der Waals surface area contributed by atoms with E-state index in [0.29, 0.717) is 11.3 Å². The van der Waals surface area contributed by atoms with Gasteiger partial charge in [-0.25, -0.2) is 5.43 Å². The van der Waals surface area contributed by atoms with Crippen LogP contribution in [0.2, 0.25) is 0 Å². The Labute approximate surface area is 113 Å². The van der Waals surface area contributed by atoms with Gasteiger partial charge >= 0.3 is 5.88 Å². The van der Waals surface area contributed by atoms with Crippen molar-refractivity contribution in [2.24, 2.45) is 5.10 Å². The molecule has 8 heteroatoms.